The summed E-state index contributed by atoms with van der Waals surface area (Å²) in [7, 11) is 1.30. The number of dihydropyridines is 1. The zero-order chi connectivity index (χ0) is 25.2. The Morgan fingerprint density at radius 2 is 1.76 bits per heavy atom. The molecule has 2 aliphatic rings. The van der Waals surface area contributed by atoms with E-state index in [2.05, 4.69) is 24.1 Å². The monoisotopic (exact) mass is 468 g/mol. The molecule has 1 aliphatic heterocycles. The average molecular weight is 469 g/mol. The van der Waals surface area contributed by atoms with E-state index < -0.39 is 23.8 Å². The predicted octanol–water partition coefficient (Wildman–Crippen LogP) is 4.10. The molecule has 0 spiro atoms. The van der Waals surface area contributed by atoms with Crippen molar-refractivity contribution in [3.8, 4) is 0 Å². The van der Waals surface area contributed by atoms with Gasteiger partial charge in [-0.2, -0.15) is 0 Å². The minimum Gasteiger partial charge on any atom is -0.468 e. The standard InChI is InChI=1S/C27H36N2O5/c1-8-29(9-2)19-12-10-18(11-13-19)23-22(27(32)34-15(3)4)17(6)28-20-14-16(5)21(26(31)33-7)25(30)24(20)23/h10-13,15-16,21,23,28H,8-9,14H2,1-7H3/t16-,21-,23-/m1/s1. The number of nitrogens with one attached hydrogen (secondary N) is 1. The molecule has 1 aromatic carbocycles. The molecular weight excluding hydrogens is 432 g/mol. The summed E-state index contributed by atoms with van der Waals surface area (Å²) < 4.78 is 10.5. The molecule has 0 bridgehead atoms. The Labute approximate surface area is 202 Å². The molecule has 1 N–H and O–H groups in total. The van der Waals surface area contributed by atoms with E-state index in [1.807, 2.05) is 38.1 Å². The maximum Gasteiger partial charge on any atom is 0.337 e. The molecule has 0 radical (unpaired) electrons. The third-order valence-electron chi connectivity index (χ3n) is 6.66. The molecule has 184 valence electrons. The fourth-order valence-corrected chi connectivity index (χ4v) is 5.03. The van der Waals surface area contributed by atoms with Crippen molar-refractivity contribution < 1.29 is 23.9 Å². The lowest BCUT2D eigenvalue weighted by molar-refractivity contribution is -0.151. The van der Waals surface area contributed by atoms with Crippen molar-refractivity contribution >= 4 is 23.4 Å². The number of benzene rings is 1. The second-order valence-corrected chi connectivity index (χ2v) is 9.25. The van der Waals surface area contributed by atoms with Crippen LogP contribution < -0.4 is 10.2 Å². The van der Waals surface area contributed by atoms with Crippen molar-refractivity contribution in [2.45, 2.75) is 60.0 Å². The molecule has 0 saturated carbocycles. The molecule has 3 atom stereocenters. The van der Waals surface area contributed by atoms with Crippen molar-refractivity contribution in [1.29, 1.82) is 0 Å². The van der Waals surface area contributed by atoms with Gasteiger partial charge in [0.2, 0.25) is 0 Å². The first-order valence-corrected chi connectivity index (χ1v) is 12.0. The number of carbonyl (C=O) groups is 3. The van der Waals surface area contributed by atoms with E-state index in [0.717, 1.165) is 30.0 Å². The van der Waals surface area contributed by atoms with E-state index in [1.54, 1.807) is 13.8 Å². The van der Waals surface area contributed by atoms with Crippen LogP contribution in [0.1, 0.15) is 59.4 Å². The van der Waals surface area contributed by atoms with Crippen molar-refractivity contribution in [2.75, 3.05) is 25.1 Å². The quantitative estimate of drug-likeness (QED) is 0.476. The van der Waals surface area contributed by atoms with Gasteiger partial charge in [0.05, 0.1) is 18.8 Å². The van der Waals surface area contributed by atoms with E-state index in [9.17, 15) is 14.4 Å². The van der Waals surface area contributed by atoms with Crippen LogP contribution in [-0.2, 0) is 23.9 Å². The number of esters is 2. The smallest absolute Gasteiger partial charge is 0.337 e. The lowest BCUT2D eigenvalue weighted by atomic mass is 9.69. The Balaban J connectivity index is 2.15. The summed E-state index contributed by atoms with van der Waals surface area (Å²) in [5, 5.41) is 3.29. The number of allylic oxidation sites excluding steroid dienone is 3. The van der Waals surface area contributed by atoms with Gasteiger partial charge in [-0.3, -0.25) is 9.59 Å². The van der Waals surface area contributed by atoms with Crippen molar-refractivity contribution in [2.24, 2.45) is 11.8 Å². The number of anilines is 1. The largest absolute Gasteiger partial charge is 0.468 e. The van der Waals surface area contributed by atoms with Crippen LogP contribution in [0.4, 0.5) is 5.69 Å². The summed E-state index contributed by atoms with van der Waals surface area (Å²) in [6, 6.07) is 7.95. The lowest BCUT2D eigenvalue weighted by Gasteiger charge is -2.38. The van der Waals surface area contributed by atoms with Crippen LogP contribution in [0.15, 0.2) is 46.8 Å². The number of methoxy groups -OCH3 is 1. The maximum atomic E-state index is 13.7. The van der Waals surface area contributed by atoms with Crippen LogP contribution >= 0.6 is 0 Å². The molecule has 7 nitrogen and oxygen atoms in total. The van der Waals surface area contributed by atoms with Gasteiger partial charge in [-0.25, -0.2) is 4.79 Å². The third-order valence-corrected chi connectivity index (χ3v) is 6.66. The third kappa shape index (κ3) is 4.74. The zero-order valence-electron chi connectivity index (χ0n) is 21.2. The van der Waals surface area contributed by atoms with E-state index in [4.69, 9.17) is 9.47 Å². The molecule has 0 saturated heterocycles. The number of carbonyl (C=O) groups excluding carboxylic acids is 3. The van der Waals surface area contributed by atoms with E-state index >= 15 is 0 Å². The van der Waals surface area contributed by atoms with Crippen molar-refractivity contribution in [3.05, 3.63) is 52.4 Å². The second kappa shape index (κ2) is 10.5. The molecule has 7 heteroatoms. The summed E-state index contributed by atoms with van der Waals surface area (Å²) >= 11 is 0. The van der Waals surface area contributed by atoms with Crippen LogP contribution in [0.5, 0.6) is 0 Å². The Morgan fingerprint density at radius 1 is 1.15 bits per heavy atom. The zero-order valence-corrected chi connectivity index (χ0v) is 21.2. The summed E-state index contributed by atoms with van der Waals surface area (Å²) in [4.78, 5) is 41.7. The maximum absolute atomic E-state index is 13.7. The predicted molar refractivity (Wildman–Crippen MR) is 131 cm³/mol. The molecule has 1 heterocycles. The molecule has 0 aromatic heterocycles. The molecular formula is C27H36N2O5. The fraction of sp³-hybridized carbons (Fsp3) is 0.519. The van der Waals surface area contributed by atoms with Gasteiger partial charge < -0.3 is 19.7 Å². The summed E-state index contributed by atoms with van der Waals surface area (Å²) in [6.45, 7) is 13.2. The number of nitrogens with zero attached hydrogens (tertiary/aromatic N) is 1. The topological polar surface area (TPSA) is 84.9 Å². The molecule has 0 fully saturated rings. The van der Waals surface area contributed by atoms with E-state index in [-0.39, 0.29) is 17.8 Å². The number of Topliss-reactive ketones (excluding diaryl/α,β-unsaturated/α-hetero) is 1. The molecule has 1 aromatic rings. The van der Waals surface area contributed by atoms with Crippen molar-refractivity contribution in [3.63, 3.8) is 0 Å². The summed E-state index contributed by atoms with van der Waals surface area (Å²) in [5.74, 6) is -3.05. The highest BCUT2D eigenvalue weighted by atomic mass is 16.5. The Bertz CT molecular complexity index is 1020. The number of hydrogen-bond acceptors (Lipinski definition) is 7. The highest BCUT2D eigenvalue weighted by Crippen LogP contribution is 2.45. The van der Waals surface area contributed by atoms with Crippen molar-refractivity contribution in [1.82, 2.24) is 5.32 Å². The van der Waals surface area contributed by atoms with Gasteiger partial charge in [0.15, 0.2) is 5.78 Å². The van der Waals surface area contributed by atoms with Crippen LogP contribution in [-0.4, -0.2) is 44.0 Å². The Hall–Kier alpha value is -3.09. The number of ether oxygens (including phenoxy) is 2. The SMILES string of the molecule is CCN(CC)c1ccc([C@@H]2C(C(=O)OC(C)C)=C(C)NC3=C2C(=O)[C@H](C(=O)OC)[C@H](C)C3)cc1. The summed E-state index contributed by atoms with van der Waals surface area (Å²) in [5.41, 5.74) is 4.15. The van der Waals surface area contributed by atoms with Gasteiger partial charge in [-0.15, -0.1) is 0 Å². The van der Waals surface area contributed by atoms with Gasteiger partial charge >= 0.3 is 11.9 Å². The number of hydrogen-bond donors (Lipinski definition) is 1. The summed E-state index contributed by atoms with van der Waals surface area (Å²) in [6.07, 6.45) is 0.206. The molecule has 1 aliphatic carbocycles. The molecule has 0 amide bonds. The van der Waals surface area contributed by atoms with Gasteiger partial charge in [0, 0.05) is 41.7 Å². The highest BCUT2D eigenvalue weighted by molar-refractivity contribution is 6.12. The minimum atomic E-state index is -0.899. The Kier molecular flexibility index (Phi) is 7.85. The van der Waals surface area contributed by atoms with E-state index in [0.29, 0.717) is 23.3 Å². The van der Waals surface area contributed by atoms with E-state index in [1.165, 1.54) is 7.11 Å². The average Bonchev–Trinajstić information content (AvgIpc) is 2.78. The number of rotatable bonds is 7. The molecule has 0 unspecified atom stereocenters. The first-order chi connectivity index (χ1) is 16.1. The van der Waals surface area contributed by atoms with Crippen LogP contribution in [0.3, 0.4) is 0 Å². The molecule has 3 rings (SSSR count). The normalized spacial score (nSPS) is 22.4. The molecule has 34 heavy (non-hydrogen) atoms. The minimum absolute atomic E-state index is 0.214. The number of ketones is 1. The van der Waals surface area contributed by atoms with Gasteiger partial charge in [-0.1, -0.05) is 19.1 Å². The van der Waals surface area contributed by atoms with Crippen LogP contribution in [0.25, 0.3) is 0 Å². The lowest BCUT2D eigenvalue weighted by Crippen LogP contribution is -2.43. The first kappa shape index (κ1) is 25.5. The highest BCUT2D eigenvalue weighted by Gasteiger charge is 2.47. The van der Waals surface area contributed by atoms with Gasteiger partial charge in [-0.05, 0) is 64.7 Å². The van der Waals surface area contributed by atoms with Crippen LogP contribution in [0, 0.1) is 11.8 Å². The van der Waals surface area contributed by atoms with Crippen LogP contribution in [0.2, 0.25) is 0 Å². The Morgan fingerprint density at radius 3 is 2.29 bits per heavy atom. The first-order valence-electron chi connectivity index (χ1n) is 12.0. The van der Waals surface area contributed by atoms with Gasteiger partial charge in [0.25, 0.3) is 0 Å². The second-order valence-electron chi connectivity index (χ2n) is 9.25. The fourth-order valence-electron chi connectivity index (χ4n) is 5.03. The van der Waals surface area contributed by atoms with Gasteiger partial charge in [0.1, 0.15) is 5.92 Å².